The minimum atomic E-state index is -2.04. The summed E-state index contributed by atoms with van der Waals surface area (Å²) in [5.74, 6) is 0.0607. The van der Waals surface area contributed by atoms with E-state index >= 15 is 0 Å². The Bertz CT molecular complexity index is 231. The summed E-state index contributed by atoms with van der Waals surface area (Å²) in [5, 5.41) is 3.68. The fourth-order valence-electron chi connectivity index (χ4n) is 2.71. The molecular weight excluding hydrogens is 273 g/mol. The molecule has 0 saturated heterocycles. The second kappa shape index (κ2) is 6.81. The average Bonchev–Trinajstić information content (AvgIpc) is 2.23. The first-order valence-electron chi connectivity index (χ1n) is 6.99. The van der Waals surface area contributed by atoms with Crippen LogP contribution >= 0.6 is 0 Å². The number of carbonyl (C=O) groups excluding carboxylic acids is 1. The molecule has 0 aliphatic rings. The maximum atomic E-state index is 12.3. The zero-order chi connectivity index (χ0) is 13.7. The molecule has 0 heterocycles. The summed E-state index contributed by atoms with van der Waals surface area (Å²) in [6.45, 7) is 14.8. The third-order valence-corrected chi connectivity index (χ3v) is 17.3. The third-order valence-electron chi connectivity index (χ3n) is 3.95. The minimum absolute atomic E-state index is 0.0607. The Hall–Kier alpha value is 0.0129. The zero-order valence-electron chi connectivity index (χ0n) is 12.7. The SMILES string of the molecule is CC[CH](C(=O)OC(C)(C)C)[Ge]([CH2]C)([CH2]C)[CH2]C. The van der Waals surface area contributed by atoms with E-state index in [0.29, 0.717) is 0 Å². The molecule has 0 spiro atoms. The quantitative estimate of drug-likeness (QED) is 0.529. The summed E-state index contributed by atoms with van der Waals surface area (Å²) in [6, 6.07) is 0. The average molecular weight is 303 g/mol. The molecule has 3 heteroatoms. The number of hydrogen-bond acceptors (Lipinski definition) is 2. The Morgan fingerprint density at radius 1 is 1.06 bits per heavy atom. The molecular formula is C14H30GeO2. The van der Waals surface area contributed by atoms with Crippen LogP contribution in [0.1, 0.15) is 54.9 Å². The van der Waals surface area contributed by atoms with Gasteiger partial charge >= 0.3 is 110 Å². The monoisotopic (exact) mass is 304 g/mol. The molecule has 0 aliphatic carbocycles. The molecule has 1 unspecified atom stereocenters. The molecule has 0 aromatic rings. The second-order valence-electron chi connectivity index (χ2n) is 5.92. The molecule has 17 heavy (non-hydrogen) atoms. The van der Waals surface area contributed by atoms with E-state index in [1.807, 2.05) is 20.8 Å². The van der Waals surface area contributed by atoms with Crippen LogP contribution < -0.4 is 0 Å². The molecule has 102 valence electrons. The van der Waals surface area contributed by atoms with Gasteiger partial charge in [0, 0.05) is 0 Å². The van der Waals surface area contributed by atoms with Crippen molar-refractivity contribution in [3.8, 4) is 0 Å². The number of ether oxygens (including phenoxy) is 1. The van der Waals surface area contributed by atoms with Gasteiger partial charge < -0.3 is 0 Å². The van der Waals surface area contributed by atoms with Crippen LogP contribution in [0, 0.1) is 0 Å². The van der Waals surface area contributed by atoms with E-state index in [4.69, 9.17) is 4.74 Å². The molecule has 0 bridgehead atoms. The van der Waals surface area contributed by atoms with Gasteiger partial charge in [0.15, 0.2) is 0 Å². The van der Waals surface area contributed by atoms with Crippen LogP contribution in [0.15, 0.2) is 0 Å². The van der Waals surface area contributed by atoms with Crippen LogP contribution in [0.4, 0.5) is 0 Å². The molecule has 0 N–H and O–H groups in total. The van der Waals surface area contributed by atoms with E-state index < -0.39 is 13.3 Å². The van der Waals surface area contributed by atoms with Gasteiger partial charge in [-0.2, -0.15) is 0 Å². The van der Waals surface area contributed by atoms with E-state index in [0.717, 1.165) is 6.42 Å². The first kappa shape index (κ1) is 17.0. The van der Waals surface area contributed by atoms with Crippen molar-refractivity contribution < 1.29 is 9.53 Å². The van der Waals surface area contributed by atoms with Crippen molar-refractivity contribution in [1.29, 1.82) is 0 Å². The van der Waals surface area contributed by atoms with E-state index in [9.17, 15) is 4.79 Å². The summed E-state index contributed by atoms with van der Waals surface area (Å²) in [4.78, 5) is 12.3. The van der Waals surface area contributed by atoms with Gasteiger partial charge in [-0.25, -0.2) is 0 Å². The Kier molecular flexibility index (Phi) is 6.82. The van der Waals surface area contributed by atoms with E-state index in [1.165, 1.54) is 15.8 Å². The predicted octanol–water partition coefficient (Wildman–Crippen LogP) is 4.62. The number of esters is 1. The Morgan fingerprint density at radius 3 is 1.71 bits per heavy atom. The van der Waals surface area contributed by atoms with Crippen LogP contribution in [0.5, 0.6) is 0 Å². The van der Waals surface area contributed by atoms with Crippen molar-refractivity contribution in [2.24, 2.45) is 0 Å². The molecule has 0 aromatic heterocycles. The standard InChI is InChI=1S/C14H30GeO2/c1-8-12(13(16)17-14(5,6)7)15(9-2,10-3)11-4/h12H,8-11H2,1-7H3. The van der Waals surface area contributed by atoms with E-state index in [1.54, 1.807) is 0 Å². The van der Waals surface area contributed by atoms with Crippen molar-refractivity contribution in [3.63, 3.8) is 0 Å². The molecule has 0 aliphatic heterocycles. The topological polar surface area (TPSA) is 26.3 Å². The van der Waals surface area contributed by atoms with Crippen LogP contribution in [0.3, 0.4) is 0 Å². The summed E-state index contributed by atoms with van der Waals surface area (Å²) < 4.78 is 5.83. The fourth-order valence-corrected chi connectivity index (χ4v) is 12.0. The van der Waals surface area contributed by atoms with Crippen LogP contribution in [0.25, 0.3) is 0 Å². The number of hydrogen-bond donors (Lipinski definition) is 0. The summed E-state index contributed by atoms with van der Waals surface area (Å²) in [5.41, 5.74) is -0.353. The van der Waals surface area contributed by atoms with Crippen molar-refractivity contribution in [1.82, 2.24) is 0 Å². The van der Waals surface area contributed by atoms with Gasteiger partial charge in [-0.1, -0.05) is 0 Å². The summed E-state index contributed by atoms with van der Waals surface area (Å²) in [7, 11) is 0. The van der Waals surface area contributed by atoms with Gasteiger partial charge in [-0.15, -0.1) is 0 Å². The molecule has 0 fully saturated rings. The molecule has 0 saturated carbocycles. The predicted molar refractivity (Wildman–Crippen MR) is 77.1 cm³/mol. The van der Waals surface area contributed by atoms with E-state index in [-0.39, 0.29) is 16.3 Å². The summed E-state index contributed by atoms with van der Waals surface area (Å²) in [6.07, 6.45) is 0.949. The van der Waals surface area contributed by atoms with Crippen molar-refractivity contribution in [2.75, 3.05) is 0 Å². The van der Waals surface area contributed by atoms with Crippen LogP contribution in [-0.2, 0) is 9.53 Å². The molecule has 1 atom stereocenters. The Balaban J connectivity index is 4.98. The van der Waals surface area contributed by atoms with Crippen molar-refractivity contribution in [2.45, 2.75) is 81.0 Å². The van der Waals surface area contributed by atoms with Crippen molar-refractivity contribution >= 4 is 19.2 Å². The van der Waals surface area contributed by atoms with Crippen LogP contribution in [0.2, 0.25) is 20.5 Å². The summed E-state index contributed by atoms with van der Waals surface area (Å²) >= 11 is -2.04. The van der Waals surface area contributed by atoms with Gasteiger partial charge in [0.1, 0.15) is 0 Å². The van der Waals surface area contributed by atoms with Crippen LogP contribution in [-0.4, -0.2) is 24.8 Å². The first-order valence-corrected chi connectivity index (χ1v) is 12.6. The van der Waals surface area contributed by atoms with Gasteiger partial charge in [-0.3, -0.25) is 0 Å². The third kappa shape index (κ3) is 4.65. The Labute approximate surface area is 110 Å². The van der Waals surface area contributed by atoms with Gasteiger partial charge in [0.2, 0.25) is 0 Å². The van der Waals surface area contributed by atoms with Gasteiger partial charge in [0.05, 0.1) is 0 Å². The molecule has 0 radical (unpaired) electrons. The fraction of sp³-hybridized carbons (Fsp3) is 0.929. The number of rotatable bonds is 6. The van der Waals surface area contributed by atoms with Crippen molar-refractivity contribution in [3.05, 3.63) is 0 Å². The molecule has 0 aromatic carbocycles. The Morgan fingerprint density at radius 2 is 1.47 bits per heavy atom. The maximum absolute atomic E-state index is 12.3. The van der Waals surface area contributed by atoms with Gasteiger partial charge in [-0.05, 0) is 0 Å². The zero-order valence-corrected chi connectivity index (χ0v) is 14.8. The molecule has 2 nitrogen and oxygen atoms in total. The number of carbonyl (C=O) groups is 1. The molecule has 0 amide bonds. The molecule has 0 rings (SSSR count). The van der Waals surface area contributed by atoms with E-state index in [2.05, 4.69) is 27.7 Å². The first-order chi connectivity index (χ1) is 7.76. The van der Waals surface area contributed by atoms with Gasteiger partial charge in [0.25, 0.3) is 0 Å². The second-order valence-corrected chi connectivity index (χ2v) is 17.5. The normalized spacial score (nSPS) is 14.5.